The van der Waals surface area contributed by atoms with E-state index in [0.29, 0.717) is 25.4 Å². The van der Waals surface area contributed by atoms with Gasteiger partial charge in [-0.1, -0.05) is 98.3 Å². The van der Waals surface area contributed by atoms with E-state index in [1.165, 1.54) is 0 Å². The lowest BCUT2D eigenvalue weighted by atomic mass is 9.55. The lowest BCUT2D eigenvalue weighted by Crippen LogP contribution is -2.65. The van der Waals surface area contributed by atoms with Crippen LogP contribution in [0.25, 0.3) is 0 Å². The van der Waals surface area contributed by atoms with Crippen LogP contribution in [-0.4, -0.2) is 80.4 Å². The van der Waals surface area contributed by atoms with Gasteiger partial charge in [0.15, 0.2) is 5.79 Å². The van der Waals surface area contributed by atoms with Gasteiger partial charge in [-0.2, -0.15) is 0 Å². The zero-order valence-corrected chi connectivity index (χ0v) is 34.9. The van der Waals surface area contributed by atoms with Crippen LogP contribution in [0.15, 0.2) is 59.8 Å². The number of fused-ring (bicyclic) bond motifs is 2. The van der Waals surface area contributed by atoms with Crippen molar-refractivity contribution >= 4 is 5.97 Å². The van der Waals surface area contributed by atoms with Gasteiger partial charge < -0.3 is 33.5 Å². The number of allylic oxidation sites excluding steroid dienone is 3. The molecule has 2 heterocycles. The molecule has 296 valence electrons. The van der Waals surface area contributed by atoms with E-state index in [2.05, 4.69) is 60.3 Å². The first-order valence-corrected chi connectivity index (χ1v) is 19.6. The summed E-state index contributed by atoms with van der Waals surface area (Å²) in [7, 11) is 3.38. The molecule has 1 aliphatic carbocycles. The summed E-state index contributed by atoms with van der Waals surface area (Å²) < 4.78 is 37.9. The molecule has 3 aliphatic rings. The Bertz CT molecular complexity index is 1330. The summed E-state index contributed by atoms with van der Waals surface area (Å²) in [6.07, 6.45) is 12.8. The molecule has 0 aromatic carbocycles. The molecule has 0 aromatic heterocycles. The maximum absolute atomic E-state index is 14.5. The van der Waals surface area contributed by atoms with Crippen molar-refractivity contribution in [2.45, 2.75) is 144 Å². The molecule has 52 heavy (non-hydrogen) atoms. The molecule has 13 atom stereocenters. The highest BCUT2D eigenvalue weighted by Crippen LogP contribution is 2.54. The minimum absolute atomic E-state index is 0.0448. The molecule has 2 fully saturated rings. The molecule has 1 unspecified atom stereocenters. The summed E-state index contributed by atoms with van der Waals surface area (Å²) in [5, 5.41) is 13.1. The Morgan fingerprint density at radius 1 is 1.15 bits per heavy atom. The first-order chi connectivity index (χ1) is 24.4. The fourth-order valence-electron chi connectivity index (χ4n) is 8.80. The van der Waals surface area contributed by atoms with Crippen molar-refractivity contribution in [1.29, 1.82) is 0 Å². The van der Waals surface area contributed by atoms with Gasteiger partial charge in [-0.25, -0.2) is 0 Å². The van der Waals surface area contributed by atoms with Gasteiger partial charge >= 0.3 is 5.97 Å². The number of ether oxygens (including phenoxy) is 6. The second-order valence-electron chi connectivity index (χ2n) is 16.6. The van der Waals surface area contributed by atoms with E-state index in [9.17, 15) is 9.90 Å². The van der Waals surface area contributed by atoms with Crippen LogP contribution in [0.3, 0.4) is 0 Å². The van der Waals surface area contributed by atoms with Crippen LogP contribution in [0, 0.1) is 40.9 Å². The molecule has 1 N–H and O–H groups in total. The number of hydrogen-bond acceptors (Lipinski definition) is 8. The van der Waals surface area contributed by atoms with E-state index in [-0.39, 0.29) is 48.6 Å². The van der Waals surface area contributed by atoms with Gasteiger partial charge in [0.2, 0.25) is 0 Å². The average molecular weight is 729 g/mol. The van der Waals surface area contributed by atoms with E-state index >= 15 is 0 Å². The number of esters is 1. The number of rotatable bonds is 14. The SMILES string of the molecule is C=C[C@H](C)[C@H](O[C@@]1(C)OCC[C@H](OC(=O)[C@@H]2/C=C(/C)[C@@H](OC)[C@H]3OC/C(=C\C=C\[C@H](C)[C@H](OC)/C(C)=C/C)[C@](O)([C@H]3C)C2(C)C)C[C@@H]1C)C(C)CC. The molecule has 0 spiro atoms. The summed E-state index contributed by atoms with van der Waals surface area (Å²) in [5.74, 6) is -1.82. The van der Waals surface area contributed by atoms with Gasteiger partial charge in [0.05, 0.1) is 43.0 Å². The maximum atomic E-state index is 14.5. The van der Waals surface area contributed by atoms with Crippen molar-refractivity contribution in [2.75, 3.05) is 27.4 Å². The van der Waals surface area contributed by atoms with E-state index in [1.807, 2.05) is 65.8 Å². The van der Waals surface area contributed by atoms with Gasteiger partial charge in [-0.3, -0.25) is 4.79 Å². The van der Waals surface area contributed by atoms with Gasteiger partial charge in [-0.15, -0.1) is 6.58 Å². The Labute approximate surface area is 316 Å². The van der Waals surface area contributed by atoms with Crippen molar-refractivity contribution in [3.8, 4) is 0 Å². The summed E-state index contributed by atoms with van der Waals surface area (Å²) in [5.41, 5.74) is 0.370. The fraction of sp³-hybridized carbons (Fsp3) is 0.750. The Hall–Kier alpha value is -2.07. The standard InChI is InChI=1S/C44H72O8/c1-16-27(4)37(47-14)30(7)20-19-21-34-26-49-40-33(10)44(34,46)42(11,12)36(24-31(8)39(40)48-15)41(45)51-35-22-23-50-43(13,32(9)25-35)52-38(28(5)17-2)29(6)18-3/h16-17,19-21,24,28-30,32-33,35-40,46H,2,18,22-23,25-26H2,1,3-15H3/b20-19+,27-16+,31-24-,34-21+/t28-,29?,30-,32-,33-,35-,36-,37+,38-,39+,40-,43+,44+/m0/s1. The summed E-state index contributed by atoms with van der Waals surface area (Å²) in [4.78, 5) is 14.5. The average Bonchev–Trinajstić information content (AvgIpc) is 3.24. The molecule has 2 bridgehead atoms. The quantitative estimate of drug-likeness (QED) is 0.140. The summed E-state index contributed by atoms with van der Waals surface area (Å²) >= 11 is 0. The summed E-state index contributed by atoms with van der Waals surface area (Å²) in [6.45, 7) is 29.4. The molecule has 2 aliphatic heterocycles. The second-order valence-corrected chi connectivity index (χ2v) is 16.6. The molecule has 0 aromatic rings. The number of hydrogen-bond donors (Lipinski definition) is 1. The van der Waals surface area contributed by atoms with Crippen molar-refractivity contribution in [2.24, 2.45) is 40.9 Å². The molecule has 8 nitrogen and oxygen atoms in total. The number of methoxy groups -OCH3 is 2. The Balaban J connectivity index is 1.96. The molecule has 8 heteroatoms. The zero-order chi connectivity index (χ0) is 39.2. The van der Waals surface area contributed by atoms with E-state index in [0.717, 1.165) is 23.1 Å². The van der Waals surface area contributed by atoms with Crippen molar-refractivity contribution in [3.63, 3.8) is 0 Å². The molecule has 0 amide bonds. The Kier molecular flexibility index (Phi) is 15.8. The Morgan fingerprint density at radius 3 is 2.40 bits per heavy atom. The van der Waals surface area contributed by atoms with Crippen LogP contribution < -0.4 is 0 Å². The molecule has 2 saturated heterocycles. The molecule has 0 saturated carbocycles. The van der Waals surface area contributed by atoms with Crippen LogP contribution >= 0.6 is 0 Å². The van der Waals surface area contributed by atoms with Crippen molar-refractivity contribution < 1.29 is 38.3 Å². The second kappa shape index (κ2) is 18.5. The first kappa shape index (κ1) is 44.3. The largest absolute Gasteiger partial charge is 0.462 e. The highest BCUT2D eigenvalue weighted by atomic mass is 16.7. The fourth-order valence-corrected chi connectivity index (χ4v) is 8.80. The van der Waals surface area contributed by atoms with Crippen LogP contribution in [0.5, 0.6) is 0 Å². The zero-order valence-electron chi connectivity index (χ0n) is 34.9. The predicted molar refractivity (Wildman–Crippen MR) is 209 cm³/mol. The van der Waals surface area contributed by atoms with Gasteiger partial charge in [0.25, 0.3) is 0 Å². The molecular formula is C44H72O8. The Morgan fingerprint density at radius 2 is 1.83 bits per heavy atom. The third-order valence-electron chi connectivity index (χ3n) is 13.0. The molecule has 3 rings (SSSR count). The van der Waals surface area contributed by atoms with Gasteiger partial charge in [0.1, 0.15) is 12.2 Å². The van der Waals surface area contributed by atoms with E-state index in [1.54, 1.807) is 14.2 Å². The van der Waals surface area contributed by atoms with E-state index in [4.69, 9.17) is 28.4 Å². The number of aliphatic hydroxyl groups is 1. The van der Waals surface area contributed by atoms with Gasteiger partial charge in [-0.05, 0) is 56.8 Å². The lowest BCUT2D eigenvalue weighted by molar-refractivity contribution is -0.281. The highest BCUT2D eigenvalue weighted by Gasteiger charge is 2.61. The minimum Gasteiger partial charge on any atom is -0.462 e. The monoisotopic (exact) mass is 729 g/mol. The number of carbonyl (C=O) groups excluding carboxylic acids is 1. The lowest BCUT2D eigenvalue weighted by Gasteiger charge is -2.57. The third-order valence-corrected chi connectivity index (χ3v) is 13.0. The molecule has 0 radical (unpaired) electrons. The van der Waals surface area contributed by atoms with Crippen LogP contribution in [-0.2, 0) is 33.2 Å². The van der Waals surface area contributed by atoms with Crippen molar-refractivity contribution in [3.05, 3.63) is 59.8 Å². The van der Waals surface area contributed by atoms with E-state index < -0.39 is 40.8 Å². The normalized spacial score (nSPS) is 37.5. The highest BCUT2D eigenvalue weighted by molar-refractivity contribution is 5.76. The molecular weight excluding hydrogens is 656 g/mol. The maximum Gasteiger partial charge on any atom is 0.313 e. The van der Waals surface area contributed by atoms with Crippen LogP contribution in [0.4, 0.5) is 0 Å². The first-order valence-electron chi connectivity index (χ1n) is 19.6. The predicted octanol–water partition coefficient (Wildman–Crippen LogP) is 8.80. The topological polar surface area (TPSA) is 92.7 Å². The third kappa shape index (κ3) is 9.06. The van der Waals surface area contributed by atoms with Crippen LogP contribution in [0.1, 0.15) is 102 Å². The summed E-state index contributed by atoms with van der Waals surface area (Å²) in [6, 6.07) is 0. The smallest absolute Gasteiger partial charge is 0.313 e. The van der Waals surface area contributed by atoms with Crippen LogP contribution in [0.2, 0.25) is 0 Å². The number of carbonyl (C=O) groups is 1. The minimum atomic E-state index is -1.42. The van der Waals surface area contributed by atoms with Crippen molar-refractivity contribution in [1.82, 2.24) is 0 Å². The van der Waals surface area contributed by atoms with Gasteiger partial charge in [0, 0.05) is 49.7 Å².